The minimum atomic E-state index is -0.225. The van der Waals surface area contributed by atoms with Crippen molar-refractivity contribution in [1.82, 2.24) is 20.0 Å². The molecule has 2 heterocycles. The second-order valence-corrected chi connectivity index (χ2v) is 6.58. The van der Waals surface area contributed by atoms with Crippen molar-refractivity contribution in [3.8, 4) is 0 Å². The average Bonchev–Trinajstić information content (AvgIpc) is 2.62. The summed E-state index contributed by atoms with van der Waals surface area (Å²) in [5.74, 6) is 0.151. The monoisotopic (exact) mass is 330 g/mol. The summed E-state index contributed by atoms with van der Waals surface area (Å²) in [6.45, 7) is 7.85. The Hall–Kier alpha value is -1.92. The van der Waals surface area contributed by atoms with Gasteiger partial charge in [0, 0.05) is 45.8 Å². The van der Waals surface area contributed by atoms with Crippen LogP contribution in [0.15, 0.2) is 30.3 Å². The van der Waals surface area contributed by atoms with Crippen LogP contribution in [0.4, 0.5) is 0 Å². The van der Waals surface area contributed by atoms with Crippen molar-refractivity contribution in [1.29, 1.82) is 0 Å². The highest BCUT2D eigenvalue weighted by Gasteiger charge is 2.30. The first-order valence-corrected chi connectivity index (χ1v) is 8.69. The first kappa shape index (κ1) is 16.9. The molecule has 0 saturated carbocycles. The summed E-state index contributed by atoms with van der Waals surface area (Å²) >= 11 is 0. The normalized spacial score (nSPS) is 21.4. The van der Waals surface area contributed by atoms with Crippen LogP contribution in [0.3, 0.4) is 0 Å². The van der Waals surface area contributed by atoms with Gasteiger partial charge in [0.2, 0.25) is 11.8 Å². The number of hydrogen-bond donors (Lipinski definition) is 1. The molecular weight excluding hydrogens is 304 g/mol. The number of carbonyl (C=O) groups is 2. The predicted octanol–water partition coefficient (Wildman–Crippen LogP) is 0.151. The standard InChI is InChI=1S/C18H26N4O2/c1-15(22-8-7-19-17(23)14-22)18(24)21-11-9-20(10-12-21)13-16-5-3-2-4-6-16/h2-6,15H,7-14H2,1H3,(H,19,23)/t15-/m1/s1. The maximum Gasteiger partial charge on any atom is 0.239 e. The molecule has 0 spiro atoms. The molecule has 1 N–H and O–H groups in total. The average molecular weight is 330 g/mol. The number of hydrogen-bond acceptors (Lipinski definition) is 4. The van der Waals surface area contributed by atoms with Gasteiger partial charge in [-0.25, -0.2) is 0 Å². The Balaban J connectivity index is 1.48. The number of rotatable bonds is 4. The second kappa shape index (κ2) is 7.77. The van der Waals surface area contributed by atoms with Crippen molar-refractivity contribution in [2.75, 3.05) is 45.8 Å². The van der Waals surface area contributed by atoms with Crippen LogP contribution in [-0.2, 0) is 16.1 Å². The quantitative estimate of drug-likeness (QED) is 0.854. The molecule has 0 aromatic heterocycles. The first-order chi connectivity index (χ1) is 11.6. The molecule has 1 aromatic carbocycles. The van der Waals surface area contributed by atoms with Gasteiger partial charge in [0.1, 0.15) is 0 Å². The van der Waals surface area contributed by atoms with Gasteiger partial charge >= 0.3 is 0 Å². The molecule has 2 amide bonds. The van der Waals surface area contributed by atoms with Crippen molar-refractivity contribution < 1.29 is 9.59 Å². The fourth-order valence-electron chi connectivity index (χ4n) is 3.38. The van der Waals surface area contributed by atoms with Crippen molar-refractivity contribution in [3.05, 3.63) is 35.9 Å². The molecule has 6 nitrogen and oxygen atoms in total. The van der Waals surface area contributed by atoms with Crippen LogP contribution in [0.25, 0.3) is 0 Å². The summed E-state index contributed by atoms with van der Waals surface area (Å²) in [7, 11) is 0. The van der Waals surface area contributed by atoms with E-state index in [-0.39, 0.29) is 17.9 Å². The van der Waals surface area contributed by atoms with E-state index in [4.69, 9.17) is 0 Å². The molecule has 0 radical (unpaired) electrons. The third kappa shape index (κ3) is 4.13. The zero-order valence-corrected chi connectivity index (χ0v) is 14.3. The number of amides is 2. The van der Waals surface area contributed by atoms with E-state index >= 15 is 0 Å². The molecule has 2 fully saturated rings. The van der Waals surface area contributed by atoms with E-state index in [1.54, 1.807) is 0 Å². The number of carbonyl (C=O) groups excluding carboxylic acids is 2. The molecule has 2 aliphatic rings. The summed E-state index contributed by atoms with van der Waals surface area (Å²) < 4.78 is 0. The van der Waals surface area contributed by atoms with Crippen LogP contribution in [0.2, 0.25) is 0 Å². The predicted molar refractivity (Wildman–Crippen MR) is 92.3 cm³/mol. The van der Waals surface area contributed by atoms with Gasteiger partial charge in [0.25, 0.3) is 0 Å². The molecule has 6 heteroatoms. The highest BCUT2D eigenvalue weighted by molar-refractivity contribution is 5.84. The van der Waals surface area contributed by atoms with Crippen molar-refractivity contribution >= 4 is 11.8 Å². The zero-order valence-electron chi connectivity index (χ0n) is 14.3. The number of benzene rings is 1. The van der Waals surface area contributed by atoms with Crippen LogP contribution in [0.5, 0.6) is 0 Å². The van der Waals surface area contributed by atoms with Crippen LogP contribution in [0.1, 0.15) is 12.5 Å². The Kier molecular flexibility index (Phi) is 5.48. The highest BCUT2D eigenvalue weighted by Crippen LogP contribution is 2.11. The van der Waals surface area contributed by atoms with Gasteiger partial charge in [-0.05, 0) is 12.5 Å². The molecule has 3 rings (SSSR count). The summed E-state index contributed by atoms with van der Waals surface area (Å²) in [5, 5.41) is 2.80. The van der Waals surface area contributed by atoms with Crippen LogP contribution in [-0.4, -0.2) is 78.4 Å². The van der Waals surface area contributed by atoms with E-state index in [0.29, 0.717) is 13.1 Å². The maximum absolute atomic E-state index is 12.7. The van der Waals surface area contributed by atoms with Gasteiger partial charge in [-0.2, -0.15) is 0 Å². The Labute approximate surface area is 143 Å². The summed E-state index contributed by atoms with van der Waals surface area (Å²) in [6, 6.07) is 10.2. The smallest absolute Gasteiger partial charge is 0.239 e. The van der Waals surface area contributed by atoms with E-state index in [0.717, 1.165) is 39.3 Å². The Morgan fingerprint density at radius 2 is 1.83 bits per heavy atom. The fourth-order valence-corrected chi connectivity index (χ4v) is 3.38. The molecule has 1 atom stereocenters. The molecule has 0 bridgehead atoms. The van der Waals surface area contributed by atoms with E-state index in [1.807, 2.05) is 22.8 Å². The minimum absolute atomic E-state index is 0.00794. The molecule has 1 aromatic rings. The fraction of sp³-hybridized carbons (Fsp3) is 0.556. The van der Waals surface area contributed by atoms with Gasteiger partial charge in [0.05, 0.1) is 12.6 Å². The minimum Gasteiger partial charge on any atom is -0.354 e. The molecule has 2 saturated heterocycles. The highest BCUT2D eigenvalue weighted by atomic mass is 16.2. The lowest BCUT2D eigenvalue weighted by molar-refractivity contribution is -0.140. The zero-order chi connectivity index (χ0) is 16.9. The van der Waals surface area contributed by atoms with E-state index in [9.17, 15) is 9.59 Å². The lowest BCUT2D eigenvalue weighted by Gasteiger charge is -2.38. The largest absolute Gasteiger partial charge is 0.354 e. The Morgan fingerprint density at radius 1 is 1.12 bits per heavy atom. The molecule has 130 valence electrons. The summed E-state index contributed by atoms with van der Waals surface area (Å²) in [4.78, 5) is 30.5. The lowest BCUT2D eigenvalue weighted by atomic mass is 10.1. The number of nitrogens with one attached hydrogen (secondary N) is 1. The summed E-state index contributed by atoms with van der Waals surface area (Å²) in [6.07, 6.45) is 0. The topological polar surface area (TPSA) is 55.9 Å². The van der Waals surface area contributed by atoms with Crippen molar-refractivity contribution in [3.63, 3.8) is 0 Å². The van der Waals surface area contributed by atoms with Gasteiger partial charge in [0.15, 0.2) is 0 Å². The van der Waals surface area contributed by atoms with Crippen molar-refractivity contribution in [2.24, 2.45) is 0 Å². The maximum atomic E-state index is 12.7. The SMILES string of the molecule is C[C@H](C(=O)N1CCN(Cc2ccccc2)CC1)N1CCNC(=O)C1. The first-order valence-electron chi connectivity index (χ1n) is 8.69. The van der Waals surface area contributed by atoms with Gasteiger partial charge < -0.3 is 10.2 Å². The van der Waals surface area contributed by atoms with Gasteiger partial charge in [-0.1, -0.05) is 30.3 Å². The van der Waals surface area contributed by atoms with Crippen LogP contribution in [0, 0.1) is 0 Å². The Bertz CT molecular complexity index is 570. The van der Waals surface area contributed by atoms with E-state index in [2.05, 4.69) is 34.5 Å². The van der Waals surface area contributed by atoms with Crippen LogP contribution >= 0.6 is 0 Å². The molecule has 0 unspecified atom stereocenters. The summed E-state index contributed by atoms with van der Waals surface area (Å²) in [5.41, 5.74) is 1.31. The second-order valence-electron chi connectivity index (χ2n) is 6.58. The number of piperazine rings is 2. The van der Waals surface area contributed by atoms with Gasteiger partial charge in [-0.15, -0.1) is 0 Å². The van der Waals surface area contributed by atoms with E-state index in [1.165, 1.54) is 5.56 Å². The van der Waals surface area contributed by atoms with Crippen LogP contribution < -0.4 is 5.32 Å². The van der Waals surface area contributed by atoms with E-state index < -0.39 is 0 Å². The Morgan fingerprint density at radius 3 is 2.50 bits per heavy atom. The molecular formula is C18H26N4O2. The molecule has 24 heavy (non-hydrogen) atoms. The number of nitrogens with zero attached hydrogens (tertiary/aromatic N) is 3. The molecule has 2 aliphatic heterocycles. The lowest BCUT2D eigenvalue weighted by Crippen LogP contribution is -2.58. The third-order valence-corrected chi connectivity index (χ3v) is 4.91. The van der Waals surface area contributed by atoms with Crippen molar-refractivity contribution in [2.45, 2.75) is 19.5 Å². The molecule has 0 aliphatic carbocycles. The third-order valence-electron chi connectivity index (χ3n) is 4.91. The van der Waals surface area contributed by atoms with Gasteiger partial charge in [-0.3, -0.25) is 19.4 Å².